The Balaban J connectivity index is 1.05. The van der Waals surface area contributed by atoms with Gasteiger partial charge in [0.15, 0.2) is 0 Å². The fourth-order valence-corrected chi connectivity index (χ4v) is 6.48. The van der Waals surface area contributed by atoms with Crippen LogP contribution in [0.2, 0.25) is 0 Å². The molecule has 1 aromatic heterocycles. The highest BCUT2D eigenvalue weighted by Gasteiger charge is 2.25. The second kappa shape index (κ2) is 15.7. The summed E-state index contributed by atoms with van der Waals surface area (Å²) in [5.41, 5.74) is 5.07. The number of nitrogens with one attached hydrogen (secondary N) is 1. The van der Waals surface area contributed by atoms with Crippen LogP contribution in [0.5, 0.6) is 5.75 Å². The number of ether oxygens (including phenoxy) is 1. The van der Waals surface area contributed by atoms with Gasteiger partial charge in [0.25, 0.3) is 5.56 Å². The SMILES string of the molecule is Cc1ccc(-c2ccc(F)cc2COc2ccc(CCC(=O)N[C@@H]3CCCN(c4cc(=O)n(C)c(=O)n4Cc4ccccc4C#N)C3)cc2)cc1. The normalized spacial score (nSPS) is 14.2. The average Bonchev–Trinajstić information content (AvgIpc) is 3.14. The number of benzene rings is 4. The lowest BCUT2D eigenvalue weighted by Gasteiger charge is -2.36. The van der Waals surface area contributed by atoms with Crippen molar-refractivity contribution >= 4 is 11.7 Å². The van der Waals surface area contributed by atoms with E-state index in [9.17, 15) is 24.0 Å². The minimum atomic E-state index is -0.464. The van der Waals surface area contributed by atoms with Gasteiger partial charge in [-0.25, -0.2) is 9.18 Å². The van der Waals surface area contributed by atoms with E-state index in [4.69, 9.17) is 4.74 Å². The molecule has 1 aliphatic rings. The summed E-state index contributed by atoms with van der Waals surface area (Å²) >= 11 is 0. The molecule has 1 fully saturated rings. The van der Waals surface area contributed by atoms with E-state index in [1.165, 1.54) is 29.8 Å². The molecule has 0 spiro atoms. The Morgan fingerprint density at radius 2 is 1.75 bits per heavy atom. The lowest BCUT2D eigenvalue weighted by atomic mass is 9.99. The molecule has 1 atom stereocenters. The highest BCUT2D eigenvalue weighted by atomic mass is 19.1. The van der Waals surface area contributed by atoms with Crippen molar-refractivity contribution in [2.75, 3.05) is 18.0 Å². The third kappa shape index (κ3) is 8.44. The zero-order valence-electron chi connectivity index (χ0n) is 28.8. The molecule has 51 heavy (non-hydrogen) atoms. The Bertz CT molecular complexity index is 2190. The largest absolute Gasteiger partial charge is 0.489 e. The standard InChI is InChI=1S/C41H40FN5O4/c1-28-9-14-30(15-10-28)37-19-16-34(42)22-33(37)27-51-36-17-11-29(12-18-36)13-20-38(48)44-35-8-5-21-46(26-35)39-23-40(49)45(2)41(50)47(39)25-32-7-4-3-6-31(32)24-43/h3-4,6-7,9-12,14-19,22-23,35H,5,8,13,20-21,25-27H2,1-2H3,(H,44,48)/t35-/m1/s1. The second-order valence-electron chi connectivity index (χ2n) is 13.0. The van der Waals surface area contributed by atoms with Crippen LogP contribution in [0, 0.1) is 24.1 Å². The van der Waals surface area contributed by atoms with Crippen LogP contribution in [0.1, 0.15) is 47.1 Å². The molecule has 1 saturated heterocycles. The van der Waals surface area contributed by atoms with Crippen molar-refractivity contribution in [3.8, 4) is 22.9 Å². The summed E-state index contributed by atoms with van der Waals surface area (Å²) in [4.78, 5) is 41.0. The van der Waals surface area contributed by atoms with Crippen LogP contribution in [0.25, 0.3) is 11.1 Å². The maximum absolute atomic E-state index is 14.1. The molecule has 1 N–H and O–H groups in total. The molecule has 0 unspecified atom stereocenters. The molecule has 0 saturated carbocycles. The molecule has 5 aromatic rings. The van der Waals surface area contributed by atoms with Crippen LogP contribution in [0.15, 0.2) is 107 Å². The van der Waals surface area contributed by atoms with E-state index in [0.717, 1.165) is 45.2 Å². The molecule has 6 rings (SSSR count). The number of halogens is 1. The minimum absolute atomic E-state index is 0.0822. The number of nitriles is 1. The molecule has 260 valence electrons. The van der Waals surface area contributed by atoms with Gasteiger partial charge in [0.1, 0.15) is 24.0 Å². The van der Waals surface area contributed by atoms with Gasteiger partial charge in [0.05, 0.1) is 18.2 Å². The van der Waals surface area contributed by atoms with Gasteiger partial charge in [0, 0.05) is 38.7 Å². The fourth-order valence-electron chi connectivity index (χ4n) is 6.48. The van der Waals surface area contributed by atoms with Crippen molar-refractivity contribution < 1.29 is 13.9 Å². The van der Waals surface area contributed by atoms with Crippen LogP contribution in [-0.4, -0.2) is 34.2 Å². The van der Waals surface area contributed by atoms with Crippen LogP contribution >= 0.6 is 0 Å². The minimum Gasteiger partial charge on any atom is -0.489 e. The number of piperidine rings is 1. The number of carbonyl (C=O) groups excluding carboxylic acids is 1. The van der Waals surface area contributed by atoms with Crippen molar-refractivity contribution in [2.45, 2.75) is 51.8 Å². The molecule has 4 aromatic carbocycles. The highest BCUT2D eigenvalue weighted by Crippen LogP contribution is 2.27. The van der Waals surface area contributed by atoms with Crippen molar-refractivity contribution in [3.05, 3.63) is 152 Å². The maximum Gasteiger partial charge on any atom is 0.332 e. The van der Waals surface area contributed by atoms with Crippen LogP contribution < -0.4 is 26.2 Å². The second-order valence-corrected chi connectivity index (χ2v) is 13.0. The quantitative estimate of drug-likeness (QED) is 0.186. The van der Waals surface area contributed by atoms with Gasteiger partial charge in [-0.1, -0.05) is 66.2 Å². The first kappa shape index (κ1) is 34.9. The van der Waals surface area contributed by atoms with E-state index in [0.29, 0.717) is 48.6 Å². The van der Waals surface area contributed by atoms with Gasteiger partial charge < -0.3 is 15.0 Å². The third-order valence-electron chi connectivity index (χ3n) is 9.34. The number of rotatable bonds is 11. The number of hydrogen-bond acceptors (Lipinski definition) is 6. The predicted molar refractivity (Wildman–Crippen MR) is 195 cm³/mol. The monoisotopic (exact) mass is 685 g/mol. The lowest BCUT2D eigenvalue weighted by Crippen LogP contribution is -2.50. The van der Waals surface area contributed by atoms with E-state index in [1.807, 2.05) is 66.4 Å². The number of nitrogens with zero attached hydrogens (tertiary/aromatic N) is 4. The van der Waals surface area contributed by atoms with Crippen LogP contribution in [0.4, 0.5) is 10.2 Å². The number of hydrogen-bond donors (Lipinski definition) is 1. The summed E-state index contributed by atoms with van der Waals surface area (Å²) in [5, 5.41) is 12.7. The molecule has 1 amide bonds. The molecular weight excluding hydrogens is 645 g/mol. The summed E-state index contributed by atoms with van der Waals surface area (Å²) < 4.78 is 22.7. The van der Waals surface area contributed by atoms with E-state index < -0.39 is 11.2 Å². The zero-order chi connectivity index (χ0) is 35.9. The maximum atomic E-state index is 14.1. The fraction of sp³-hybridized carbons (Fsp3) is 0.268. The topological polar surface area (TPSA) is 109 Å². The van der Waals surface area contributed by atoms with Crippen LogP contribution in [0.3, 0.4) is 0 Å². The first-order valence-electron chi connectivity index (χ1n) is 17.1. The van der Waals surface area contributed by atoms with Crippen molar-refractivity contribution in [1.82, 2.24) is 14.5 Å². The van der Waals surface area contributed by atoms with Crippen molar-refractivity contribution in [3.63, 3.8) is 0 Å². The van der Waals surface area contributed by atoms with Gasteiger partial charge >= 0.3 is 5.69 Å². The number of aromatic nitrogens is 2. The summed E-state index contributed by atoms with van der Waals surface area (Å²) in [5.74, 6) is 0.723. The van der Waals surface area contributed by atoms with Gasteiger partial charge in [-0.3, -0.25) is 18.7 Å². The Morgan fingerprint density at radius 3 is 2.51 bits per heavy atom. The highest BCUT2D eigenvalue weighted by molar-refractivity contribution is 5.76. The van der Waals surface area contributed by atoms with E-state index >= 15 is 0 Å². The zero-order valence-corrected chi connectivity index (χ0v) is 28.8. The average molecular weight is 686 g/mol. The van der Waals surface area contributed by atoms with Crippen LogP contribution in [-0.2, 0) is 31.4 Å². The number of carbonyl (C=O) groups is 1. The molecule has 9 nitrogen and oxygen atoms in total. The molecule has 0 radical (unpaired) electrons. The lowest BCUT2D eigenvalue weighted by molar-refractivity contribution is -0.121. The van der Waals surface area contributed by atoms with E-state index in [2.05, 4.69) is 11.4 Å². The van der Waals surface area contributed by atoms with Gasteiger partial charge in [-0.15, -0.1) is 0 Å². The summed E-state index contributed by atoms with van der Waals surface area (Å²) in [6, 6.07) is 31.0. The molecule has 10 heteroatoms. The molecular formula is C41H40FN5O4. The Hall–Kier alpha value is -5.95. The van der Waals surface area contributed by atoms with E-state index in [-0.39, 0.29) is 30.9 Å². The van der Waals surface area contributed by atoms with Gasteiger partial charge in [0.2, 0.25) is 5.91 Å². The van der Waals surface area contributed by atoms with Gasteiger partial charge in [-0.05, 0) is 84.3 Å². The summed E-state index contributed by atoms with van der Waals surface area (Å²) in [7, 11) is 1.44. The number of anilines is 1. The first-order valence-corrected chi connectivity index (χ1v) is 17.1. The first-order chi connectivity index (χ1) is 24.7. The smallest absolute Gasteiger partial charge is 0.332 e. The number of aryl methyl sites for hydroxylation is 2. The van der Waals surface area contributed by atoms with Crippen molar-refractivity contribution in [2.24, 2.45) is 7.05 Å². The van der Waals surface area contributed by atoms with Gasteiger partial charge in [-0.2, -0.15) is 5.26 Å². The third-order valence-corrected chi connectivity index (χ3v) is 9.34. The summed E-state index contributed by atoms with van der Waals surface area (Å²) in [6.45, 7) is 3.45. The Kier molecular flexibility index (Phi) is 10.8. The predicted octanol–water partition coefficient (Wildman–Crippen LogP) is 5.88. The summed E-state index contributed by atoms with van der Waals surface area (Å²) in [6.07, 6.45) is 2.38. The molecule has 2 heterocycles. The van der Waals surface area contributed by atoms with Crippen molar-refractivity contribution in [1.29, 1.82) is 5.26 Å². The molecule has 0 bridgehead atoms. The molecule has 0 aliphatic carbocycles. The molecule has 1 aliphatic heterocycles. The number of amides is 1. The van der Waals surface area contributed by atoms with E-state index in [1.54, 1.807) is 24.3 Å². The Morgan fingerprint density at radius 1 is 0.980 bits per heavy atom. The Labute approximate surface area is 296 Å².